The van der Waals surface area contributed by atoms with Gasteiger partial charge in [0.25, 0.3) is 0 Å². The maximum absolute atomic E-state index is 3.64. The number of rotatable bonds is 2. The van der Waals surface area contributed by atoms with Crippen LogP contribution in [0.4, 0.5) is 0 Å². The summed E-state index contributed by atoms with van der Waals surface area (Å²) < 4.78 is 5.59. The molecule has 0 atom stereocenters. The van der Waals surface area contributed by atoms with Gasteiger partial charge in [0.1, 0.15) is 0 Å². The Labute approximate surface area is 295 Å². The van der Waals surface area contributed by atoms with Crippen LogP contribution >= 0.6 is 86.3 Å². The summed E-state index contributed by atoms with van der Waals surface area (Å²) in [5.74, 6) is 0. The van der Waals surface area contributed by atoms with Crippen molar-refractivity contribution in [3.8, 4) is 22.3 Å². The van der Waals surface area contributed by atoms with E-state index in [-0.39, 0.29) is 14.9 Å². The Balaban J connectivity index is 0.000000352. The first-order valence-electron chi connectivity index (χ1n) is 12.3. The molecule has 0 aliphatic carbocycles. The van der Waals surface area contributed by atoms with E-state index in [0.717, 1.165) is 17.9 Å². The van der Waals surface area contributed by atoms with E-state index < -0.39 is 0 Å². The van der Waals surface area contributed by atoms with E-state index in [0.29, 0.717) is 0 Å². The number of benzene rings is 5. The Bertz CT molecular complexity index is 1400. The molecular weight excluding hydrogens is 879 g/mol. The van der Waals surface area contributed by atoms with Gasteiger partial charge < -0.3 is 0 Å². The van der Waals surface area contributed by atoms with Crippen molar-refractivity contribution in [3.63, 3.8) is 0 Å². The van der Waals surface area contributed by atoms with Gasteiger partial charge in [-0.2, -0.15) is 0 Å². The Kier molecular flexibility index (Phi) is 17.0. The van der Waals surface area contributed by atoms with Crippen LogP contribution in [0.15, 0.2) is 121 Å². The topological polar surface area (TPSA) is 0 Å². The Morgan fingerprint density at radius 1 is 0.390 bits per heavy atom. The van der Waals surface area contributed by atoms with Crippen molar-refractivity contribution in [1.29, 1.82) is 0 Å². The highest BCUT2D eigenvalue weighted by molar-refractivity contribution is 14.1. The lowest BCUT2D eigenvalue weighted by molar-refractivity contribution is 1.40. The molecule has 0 unspecified atom stereocenters. The minimum atomic E-state index is 0. The van der Waals surface area contributed by atoms with Crippen LogP contribution in [0.5, 0.6) is 0 Å². The van der Waals surface area contributed by atoms with Crippen molar-refractivity contribution in [1.82, 2.24) is 0 Å². The van der Waals surface area contributed by atoms with Crippen LogP contribution in [-0.4, -0.2) is 0 Å². The van der Waals surface area contributed by atoms with Crippen LogP contribution in [0, 0.1) is 31.3 Å². The van der Waals surface area contributed by atoms with E-state index >= 15 is 0 Å². The summed E-state index contributed by atoms with van der Waals surface area (Å²) in [5.41, 5.74) is 10.2. The van der Waals surface area contributed by atoms with Gasteiger partial charge in [-0.1, -0.05) is 142 Å². The molecule has 0 amide bonds. The second kappa shape index (κ2) is 18.4. The number of hydrogen-bond donors (Lipinski definition) is 0. The highest BCUT2D eigenvalue weighted by Gasteiger charge is 2.05. The average molecular weight is 916 g/mol. The van der Waals surface area contributed by atoms with Gasteiger partial charge in [0.2, 0.25) is 0 Å². The maximum Gasteiger partial charge on any atom is 0.0415 e. The van der Waals surface area contributed by atoms with Gasteiger partial charge in [0.05, 0.1) is 0 Å². The van der Waals surface area contributed by atoms with Gasteiger partial charge in [0, 0.05) is 21.5 Å². The van der Waals surface area contributed by atoms with E-state index in [1.165, 1.54) is 48.1 Å². The molecule has 0 aliphatic rings. The molecule has 0 bridgehead atoms. The molecule has 0 nitrogen and oxygen atoms in total. The minimum absolute atomic E-state index is 0. The zero-order valence-corrected chi connectivity index (χ0v) is 30.7. The predicted molar refractivity (Wildman–Crippen MR) is 206 cm³/mol. The van der Waals surface area contributed by atoms with Crippen molar-refractivity contribution >= 4 is 86.3 Å². The fourth-order valence-electron chi connectivity index (χ4n) is 3.58. The van der Waals surface area contributed by atoms with Crippen LogP contribution in [0.3, 0.4) is 0 Å². The second-order valence-electron chi connectivity index (χ2n) is 9.30. The highest BCUT2D eigenvalue weighted by atomic mass is 127. The standard InChI is InChI=1S/C20H17Br.C8H10.C6H2Br3I.2CH4/c1-14-3-7-16(8-4-14)18-11-19(13-20(21)12-18)17-9-5-15(2)6-10-17;1-7-3-5-8(2)6-4-7;7-3-1-4(8)6(10)5(9)2-3;;/h3-13H,1-2H3;3-6H,1-2H3;1-2H;2*1H4. The molecule has 0 radical (unpaired) electrons. The second-order valence-corrected chi connectivity index (χ2v) is 13.9. The van der Waals surface area contributed by atoms with Crippen LogP contribution in [0.1, 0.15) is 37.1 Å². The summed E-state index contributed by atoms with van der Waals surface area (Å²) in [4.78, 5) is 0. The molecule has 0 saturated carbocycles. The summed E-state index contributed by atoms with van der Waals surface area (Å²) in [6.45, 7) is 8.42. The quantitative estimate of drug-likeness (QED) is 0.0940. The first kappa shape index (κ1) is 37.8. The van der Waals surface area contributed by atoms with Gasteiger partial charge in [-0.05, 0) is 135 Å². The molecule has 5 heteroatoms. The Morgan fingerprint density at radius 2 is 0.659 bits per heavy atom. The van der Waals surface area contributed by atoms with Crippen LogP contribution < -0.4 is 0 Å². The van der Waals surface area contributed by atoms with E-state index in [1.807, 2.05) is 12.1 Å². The van der Waals surface area contributed by atoms with Crippen LogP contribution in [-0.2, 0) is 0 Å². The van der Waals surface area contributed by atoms with Crippen molar-refractivity contribution in [2.45, 2.75) is 42.5 Å². The third-order valence-corrected chi connectivity index (χ3v) is 10.6. The molecule has 5 aromatic carbocycles. The lowest BCUT2D eigenvalue weighted by Crippen LogP contribution is -1.83. The van der Waals surface area contributed by atoms with Crippen molar-refractivity contribution in [2.24, 2.45) is 0 Å². The Hall–Kier alpha value is -1.25. The molecule has 5 rings (SSSR count). The average Bonchev–Trinajstić information content (AvgIpc) is 2.90. The summed E-state index contributed by atoms with van der Waals surface area (Å²) in [5, 5.41) is 0. The maximum atomic E-state index is 3.64. The van der Waals surface area contributed by atoms with E-state index in [2.05, 4.69) is 205 Å². The SMILES string of the molecule is Brc1cc(Br)c(I)c(Br)c1.C.C.Cc1ccc(-c2cc(Br)cc(-c3ccc(C)cc3)c2)cc1.Cc1ccc(C)cc1. The predicted octanol–water partition coefficient (Wildman–Crippen LogP) is 14.6. The minimum Gasteiger partial charge on any atom is -0.0776 e. The fourth-order valence-corrected chi connectivity index (χ4v) is 6.64. The molecule has 216 valence electrons. The monoisotopic (exact) mass is 912 g/mol. The number of halogens is 5. The Morgan fingerprint density at radius 3 is 0.976 bits per heavy atom. The fraction of sp³-hybridized carbons (Fsp3) is 0.167. The smallest absolute Gasteiger partial charge is 0.0415 e. The molecule has 0 aromatic heterocycles. The highest BCUT2D eigenvalue weighted by Crippen LogP contribution is 2.31. The molecule has 0 spiro atoms. The summed E-state index contributed by atoms with van der Waals surface area (Å²) in [6.07, 6.45) is 0. The van der Waals surface area contributed by atoms with Gasteiger partial charge in [-0.25, -0.2) is 0 Å². The zero-order chi connectivity index (χ0) is 28.5. The lowest BCUT2D eigenvalue weighted by Gasteiger charge is -2.08. The first-order chi connectivity index (χ1) is 18.5. The molecule has 5 aromatic rings. The van der Waals surface area contributed by atoms with Crippen molar-refractivity contribution < 1.29 is 0 Å². The largest absolute Gasteiger partial charge is 0.0776 e. The number of hydrogen-bond acceptors (Lipinski definition) is 0. The summed E-state index contributed by atoms with van der Waals surface area (Å²) in [6, 6.07) is 36.4. The summed E-state index contributed by atoms with van der Waals surface area (Å²) in [7, 11) is 0. The lowest BCUT2D eigenvalue weighted by atomic mass is 9.98. The molecule has 41 heavy (non-hydrogen) atoms. The van der Waals surface area contributed by atoms with Gasteiger partial charge in [-0.15, -0.1) is 0 Å². The third kappa shape index (κ3) is 12.5. The van der Waals surface area contributed by atoms with E-state index in [9.17, 15) is 0 Å². The van der Waals surface area contributed by atoms with Crippen molar-refractivity contribution in [2.75, 3.05) is 0 Å². The van der Waals surface area contributed by atoms with E-state index in [1.54, 1.807) is 0 Å². The summed E-state index contributed by atoms with van der Waals surface area (Å²) >= 11 is 16.1. The van der Waals surface area contributed by atoms with Crippen LogP contribution in [0.2, 0.25) is 0 Å². The molecule has 0 saturated heterocycles. The van der Waals surface area contributed by atoms with E-state index in [4.69, 9.17) is 0 Å². The molecule has 0 N–H and O–H groups in total. The van der Waals surface area contributed by atoms with Gasteiger partial charge in [0.15, 0.2) is 0 Å². The molecular formula is C36H37Br4I. The normalized spacial score (nSPS) is 9.68. The van der Waals surface area contributed by atoms with Crippen LogP contribution in [0.25, 0.3) is 22.3 Å². The first-order valence-corrected chi connectivity index (χ1v) is 16.5. The molecule has 0 heterocycles. The third-order valence-electron chi connectivity index (χ3n) is 5.83. The van der Waals surface area contributed by atoms with Gasteiger partial charge in [-0.3, -0.25) is 0 Å². The molecule has 0 fully saturated rings. The van der Waals surface area contributed by atoms with Crippen molar-refractivity contribution in [3.05, 3.63) is 147 Å². The van der Waals surface area contributed by atoms with Gasteiger partial charge >= 0.3 is 0 Å². The zero-order valence-electron chi connectivity index (χ0n) is 22.2. The number of aryl methyl sites for hydroxylation is 4. The molecule has 0 aliphatic heterocycles.